The van der Waals surface area contributed by atoms with Crippen molar-refractivity contribution in [2.45, 2.75) is 26.2 Å². The first-order valence-corrected chi connectivity index (χ1v) is 10.7. The van der Waals surface area contributed by atoms with Crippen LogP contribution in [0.25, 0.3) is 5.57 Å². The van der Waals surface area contributed by atoms with E-state index in [-0.39, 0.29) is 17.5 Å². The first-order valence-electron chi connectivity index (χ1n) is 9.79. The maximum Gasteiger partial charge on any atom is 0.278 e. The van der Waals surface area contributed by atoms with Crippen LogP contribution in [0.15, 0.2) is 47.5 Å². The van der Waals surface area contributed by atoms with Crippen LogP contribution in [0.3, 0.4) is 0 Å². The normalized spacial score (nSPS) is 14.1. The third-order valence-corrected chi connectivity index (χ3v) is 5.50. The van der Waals surface area contributed by atoms with Crippen molar-refractivity contribution in [3.05, 3.63) is 52.4 Å². The summed E-state index contributed by atoms with van der Waals surface area (Å²) in [6.45, 7) is 3.67. The largest absolute Gasteiger partial charge is 0.495 e. The molecule has 0 unspecified atom stereocenters. The summed E-state index contributed by atoms with van der Waals surface area (Å²) in [7, 11) is 1.57. The number of methoxy groups -OCH3 is 1. The van der Waals surface area contributed by atoms with E-state index in [1.807, 2.05) is 35.7 Å². The molecule has 1 aliphatic rings. The Balaban J connectivity index is 1.79. The first kappa shape index (κ1) is 21.1. The molecule has 29 heavy (non-hydrogen) atoms. The molecule has 0 atom stereocenters. The summed E-state index contributed by atoms with van der Waals surface area (Å²) < 4.78 is 10.9. The number of amides is 2. The second kappa shape index (κ2) is 10.2. The molecular weight excluding hydrogens is 388 g/mol. The van der Waals surface area contributed by atoms with E-state index >= 15 is 0 Å². The Morgan fingerprint density at radius 2 is 1.83 bits per heavy atom. The number of nitrogens with one attached hydrogen (secondary N) is 1. The topological polar surface area (TPSA) is 67.9 Å². The lowest BCUT2D eigenvalue weighted by Crippen LogP contribution is -2.34. The standard InChI is InChI=1S/C22H26N2O4S/c1-3-4-13-28-14-8-12-24-21(25)19(18-11-7-15-29-18)20(22(24)26)23-16-9-5-6-10-17(16)27-2/h5-7,9-11,15,23H,3-4,8,12-14H2,1-2H3. The van der Waals surface area contributed by atoms with Gasteiger partial charge in [-0.1, -0.05) is 31.5 Å². The van der Waals surface area contributed by atoms with E-state index in [0.29, 0.717) is 43.2 Å². The number of benzene rings is 1. The molecule has 1 aliphatic heterocycles. The molecule has 6 nitrogen and oxygen atoms in total. The third-order valence-electron chi connectivity index (χ3n) is 4.61. The van der Waals surface area contributed by atoms with Crippen molar-refractivity contribution in [2.75, 3.05) is 32.2 Å². The van der Waals surface area contributed by atoms with E-state index in [2.05, 4.69) is 12.2 Å². The third kappa shape index (κ3) is 4.86. The fourth-order valence-corrected chi connectivity index (χ4v) is 3.87. The maximum atomic E-state index is 13.1. The van der Waals surface area contributed by atoms with Gasteiger partial charge in [-0.15, -0.1) is 11.3 Å². The van der Waals surface area contributed by atoms with Crippen LogP contribution in [0.4, 0.5) is 5.69 Å². The highest BCUT2D eigenvalue weighted by atomic mass is 32.1. The Morgan fingerprint density at radius 3 is 2.55 bits per heavy atom. The number of unbranched alkanes of at least 4 members (excludes halogenated alkanes) is 1. The molecule has 1 N–H and O–H groups in total. The smallest absolute Gasteiger partial charge is 0.278 e. The van der Waals surface area contributed by atoms with Gasteiger partial charge in [0.05, 0.1) is 18.4 Å². The van der Waals surface area contributed by atoms with Gasteiger partial charge in [-0.25, -0.2) is 0 Å². The number of hydrogen-bond acceptors (Lipinski definition) is 6. The molecule has 0 spiro atoms. The molecule has 1 aromatic heterocycles. The molecule has 2 heterocycles. The van der Waals surface area contributed by atoms with Crippen molar-refractivity contribution in [1.29, 1.82) is 0 Å². The molecular formula is C22H26N2O4S. The molecule has 0 fully saturated rings. The van der Waals surface area contributed by atoms with Crippen molar-refractivity contribution in [3.63, 3.8) is 0 Å². The minimum Gasteiger partial charge on any atom is -0.495 e. The molecule has 0 saturated heterocycles. The molecule has 2 aromatic rings. The van der Waals surface area contributed by atoms with Crippen LogP contribution in [0.2, 0.25) is 0 Å². The fraction of sp³-hybridized carbons (Fsp3) is 0.364. The van der Waals surface area contributed by atoms with E-state index in [4.69, 9.17) is 9.47 Å². The van der Waals surface area contributed by atoms with Crippen LogP contribution in [-0.2, 0) is 14.3 Å². The molecule has 0 saturated carbocycles. The number of ether oxygens (including phenoxy) is 2. The highest BCUT2D eigenvalue weighted by Gasteiger charge is 2.39. The number of para-hydroxylation sites is 2. The molecule has 0 bridgehead atoms. The van der Waals surface area contributed by atoms with Gasteiger partial charge in [-0.05, 0) is 36.4 Å². The Kier molecular flexibility index (Phi) is 7.43. The van der Waals surface area contributed by atoms with Crippen molar-refractivity contribution >= 4 is 34.4 Å². The number of carbonyl (C=O) groups is 2. The molecule has 154 valence electrons. The lowest BCUT2D eigenvalue weighted by molar-refractivity contribution is -0.137. The molecule has 0 radical (unpaired) electrons. The van der Waals surface area contributed by atoms with Gasteiger partial charge in [0.1, 0.15) is 11.4 Å². The van der Waals surface area contributed by atoms with Crippen molar-refractivity contribution < 1.29 is 19.1 Å². The molecule has 7 heteroatoms. The number of thiophene rings is 1. The quantitative estimate of drug-likeness (QED) is 0.442. The number of anilines is 1. The summed E-state index contributed by atoms with van der Waals surface area (Å²) in [4.78, 5) is 28.2. The van der Waals surface area contributed by atoms with Gasteiger partial charge < -0.3 is 14.8 Å². The molecule has 2 amide bonds. The van der Waals surface area contributed by atoms with Gasteiger partial charge in [0.2, 0.25) is 0 Å². The number of imide groups is 1. The maximum absolute atomic E-state index is 13.1. The van der Waals surface area contributed by atoms with Crippen LogP contribution in [0.5, 0.6) is 5.75 Å². The number of carbonyl (C=O) groups excluding carboxylic acids is 2. The molecule has 3 rings (SSSR count). The lowest BCUT2D eigenvalue weighted by Gasteiger charge is -2.15. The SMILES string of the molecule is CCCCOCCCN1C(=O)C(Nc2ccccc2OC)=C(c2cccs2)C1=O. The molecule has 1 aromatic carbocycles. The number of rotatable bonds is 11. The van der Waals surface area contributed by atoms with Gasteiger partial charge in [-0.2, -0.15) is 0 Å². The van der Waals surface area contributed by atoms with Gasteiger partial charge >= 0.3 is 0 Å². The Labute approximate surface area is 175 Å². The fourth-order valence-electron chi connectivity index (χ4n) is 3.10. The second-order valence-electron chi connectivity index (χ2n) is 6.63. The first-order chi connectivity index (χ1) is 14.2. The van der Waals surface area contributed by atoms with Crippen LogP contribution >= 0.6 is 11.3 Å². The average Bonchev–Trinajstić information content (AvgIpc) is 3.33. The van der Waals surface area contributed by atoms with E-state index in [0.717, 1.165) is 17.7 Å². The van der Waals surface area contributed by atoms with Gasteiger partial charge in [0, 0.05) is 24.6 Å². The monoisotopic (exact) mass is 414 g/mol. The highest BCUT2D eigenvalue weighted by Crippen LogP contribution is 2.34. The summed E-state index contributed by atoms with van der Waals surface area (Å²) in [6, 6.07) is 11.1. The highest BCUT2D eigenvalue weighted by molar-refractivity contribution is 7.11. The Bertz CT molecular complexity index is 877. The average molecular weight is 415 g/mol. The summed E-state index contributed by atoms with van der Waals surface area (Å²) in [6.07, 6.45) is 2.70. The summed E-state index contributed by atoms with van der Waals surface area (Å²) in [5, 5.41) is 5.04. The van der Waals surface area contributed by atoms with Crippen LogP contribution < -0.4 is 10.1 Å². The zero-order chi connectivity index (χ0) is 20.6. The van der Waals surface area contributed by atoms with Gasteiger partial charge in [0.15, 0.2) is 0 Å². The van der Waals surface area contributed by atoms with E-state index in [1.54, 1.807) is 13.2 Å². The predicted octanol–water partition coefficient (Wildman–Crippen LogP) is 4.16. The Hall–Kier alpha value is -2.64. The second-order valence-corrected chi connectivity index (χ2v) is 7.58. The van der Waals surface area contributed by atoms with Gasteiger partial charge in [-0.3, -0.25) is 14.5 Å². The zero-order valence-corrected chi connectivity index (χ0v) is 17.6. The van der Waals surface area contributed by atoms with E-state index in [1.165, 1.54) is 16.2 Å². The minimum absolute atomic E-state index is 0.275. The van der Waals surface area contributed by atoms with Crippen LogP contribution in [0.1, 0.15) is 31.1 Å². The van der Waals surface area contributed by atoms with E-state index < -0.39 is 0 Å². The minimum atomic E-state index is -0.321. The summed E-state index contributed by atoms with van der Waals surface area (Å²) >= 11 is 1.44. The van der Waals surface area contributed by atoms with Crippen molar-refractivity contribution in [3.8, 4) is 5.75 Å². The summed E-state index contributed by atoms with van der Waals surface area (Å²) in [5.74, 6) is 0.00910. The molecule has 0 aliphatic carbocycles. The number of hydrogen-bond donors (Lipinski definition) is 1. The van der Waals surface area contributed by atoms with Crippen LogP contribution in [0, 0.1) is 0 Å². The predicted molar refractivity (Wildman–Crippen MR) is 115 cm³/mol. The lowest BCUT2D eigenvalue weighted by atomic mass is 10.2. The number of nitrogens with zero attached hydrogens (tertiary/aromatic N) is 1. The Morgan fingerprint density at radius 1 is 1.03 bits per heavy atom. The van der Waals surface area contributed by atoms with E-state index in [9.17, 15) is 9.59 Å². The zero-order valence-electron chi connectivity index (χ0n) is 16.8. The summed E-state index contributed by atoms with van der Waals surface area (Å²) in [5.41, 5.74) is 1.33. The van der Waals surface area contributed by atoms with Gasteiger partial charge in [0.25, 0.3) is 11.8 Å². The van der Waals surface area contributed by atoms with Crippen molar-refractivity contribution in [1.82, 2.24) is 4.90 Å². The van der Waals surface area contributed by atoms with Crippen molar-refractivity contribution in [2.24, 2.45) is 0 Å². The van der Waals surface area contributed by atoms with Crippen LogP contribution in [-0.4, -0.2) is 43.6 Å².